The Balaban J connectivity index is 2.62. The van der Waals surface area contributed by atoms with Crippen LogP contribution in [0.15, 0.2) is 0 Å². The van der Waals surface area contributed by atoms with E-state index in [4.69, 9.17) is 4.74 Å². The molecule has 7 heteroatoms. The van der Waals surface area contributed by atoms with E-state index in [2.05, 4.69) is 5.32 Å². The number of rotatable bonds is 8. The number of hydrogen-bond acceptors (Lipinski definition) is 5. The summed E-state index contributed by atoms with van der Waals surface area (Å²) in [6, 6.07) is -0.0907. The smallest absolute Gasteiger partial charge is 0.306 e. The second-order valence-corrected chi connectivity index (χ2v) is 7.77. The van der Waals surface area contributed by atoms with E-state index < -0.39 is 16.0 Å². The molecule has 21 heavy (non-hydrogen) atoms. The molecule has 0 aliphatic carbocycles. The molecule has 1 fully saturated rings. The topological polar surface area (TPSA) is 75.7 Å². The van der Waals surface area contributed by atoms with Gasteiger partial charge in [-0.15, -0.1) is 0 Å². The Morgan fingerprint density at radius 2 is 1.95 bits per heavy atom. The number of nitrogens with one attached hydrogen (secondary N) is 1. The van der Waals surface area contributed by atoms with E-state index in [1.807, 2.05) is 13.8 Å². The fourth-order valence-corrected chi connectivity index (χ4v) is 4.27. The van der Waals surface area contributed by atoms with Crippen LogP contribution < -0.4 is 5.32 Å². The van der Waals surface area contributed by atoms with E-state index in [9.17, 15) is 13.2 Å². The van der Waals surface area contributed by atoms with Gasteiger partial charge < -0.3 is 10.1 Å². The van der Waals surface area contributed by atoms with Gasteiger partial charge in [0.2, 0.25) is 10.0 Å². The largest absolute Gasteiger partial charge is 0.466 e. The number of ether oxygens (including phenoxy) is 1. The molecule has 0 amide bonds. The first-order chi connectivity index (χ1) is 9.86. The van der Waals surface area contributed by atoms with Crippen LogP contribution in [0.1, 0.15) is 40.0 Å². The number of sulfonamides is 1. The lowest BCUT2D eigenvalue weighted by Gasteiger charge is -2.32. The summed E-state index contributed by atoms with van der Waals surface area (Å²) in [7, 11) is -3.42. The zero-order valence-electron chi connectivity index (χ0n) is 13.3. The van der Waals surface area contributed by atoms with Crippen molar-refractivity contribution in [3.05, 3.63) is 0 Å². The molecule has 1 heterocycles. The number of carbonyl (C=O) groups is 1. The average Bonchev–Trinajstić information content (AvgIpc) is 2.44. The minimum Gasteiger partial charge on any atom is -0.466 e. The summed E-state index contributed by atoms with van der Waals surface area (Å²) in [5.41, 5.74) is 0. The summed E-state index contributed by atoms with van der Waals surface area (Å²) in [5.74, 6) is -0.229. The number of hydrogen-bond donors (Lipinski definition) is 1. The lowest BCUT2D eigenvalue weighted by molar-refractivity contribution is -0.142. The van der Waals surface area contributed by atoms with Gasteiger partial charge in [0, 0.05) is 12.6 Å². The van der Waals surface area contributed by atoms with E-state index in [1.165, 1.54) is 0 Å². The predicted octanol–water partition coefficient (Wildman–Crippen LogP) is 0.979. The molecule has 1 aliphatic rings. The van der Waals surface area contributed by atoms with Crippen molar-refractivity contribution < 1.29 is 17.9 Å². The van der Waals surface area contributed by atoms with E-state index in [-0.39, 0.29) is 24.8 Å². The highest BCUT2D eigenvalue weighted by molar-refractivity contribution is 7.89. The van der Waals surface area contributed by atoms with Crippen LogP contribution in [-0.2, 0) is 19.6 Å². The van der Waals surface area contributed by atoms with Gasteiger partial charge in [-0.3, -0.25) is 4.79 Å². The molecule has 0 aromatic rings. The summed E-state index contributed by atoms with van der Waals surface area (Å²) in [4.78, 5) is 11.4. The zero-order chi connectivity index (χ0) is 15.9. The molecule has 1 rings (SSSR count). The minimum absolute atomic E-state index is 0.0778. The number of piperidine rings is 1. The van der Waals surface area contributed by atoms with Crippen LogP contribution in [0.4, 0.5) is 0 Å². The first-order valence-corrected chi connectivity index (χ1v) is 9.33. The maximum Gasteiger partial charge on any atom is 0.306 e. The van der Waals surface area contributed by atoms with E-state index in [0.29, 0.717) is 12.5 Å². The van der Waals surface area contributed by atoms with Crippen LogP contribution in [0.25, 0.3) is 0 Å². The van der Waals surface area contributed by atoms with E-state index in [0.717, 1.165) is 25.9 Å². The quantitative estimate of drug-likeness (QED) is 0.675. The van der Waals surface area contributed by atoms with Gasteiger partial charge in [-0.25, -0.2) is 8.42 Å². The molecule has 0 aromatic heterocycles. The Morgan fingerprint density at radius 1 is 1.33 bits per heavy atom. The molecule has 0 atom stereocenters. The summed E-state index contributed by atoms with van der Waals surface area (Å²) >= 11 is 0. The van der Waals surface area contributed by atoms with Gasteiger partial charge in [-0.2, -0.15) is 4.31 Å². The highest BCUT2D eigenvalue weighted by Gasteiger charge is 2.29. The molecule has 0 bridgehead atoms. The third kappa shape index (κ3) is 6.32. The van der Waals surface area contributed by atoms with Gasteiger partial charge in [0.15, 0.2) is 0 Å². The van der Waals surface area contributed by atoms with Crippen LogP contribution in [0.2, 0.25) is 0 Å². The minimum atomic E-state index is -3.42. The summed E-state index contributed by atoms with van der Waals surface area (Å²) in [5, 5.41) is 3.28. The highest BCUT2D eigenvalue weighted by atomic mass is 32.2. The molecule has 124 valence electrons. The summed E-state index contributed by atoms with van der Waals surface area (Å²) in [6.45, 7) is 8.18. The standard InChI is InChI=1S/C14H28N2O4S/c1-4-20-14(17)7-10-21(18,19)16(12(2)3)11-13-5-8-15-9-6-13/h12-13,15H,4-11H2,1-3H3. The highest BCUT2D eigenvalue weighted by Crippen LogP contribution is 2.18. The van der Waals surface area contributed by atoms with E-state index in [1.54, 1.807) is 11.2 Å². The second kappa shape index (κ2) is 8.70. The van der Waals surface area contributed by atoms with Crippen molar-refractivity contribution in [3.8, 4) is 0 Å². The monoisotopic (exact) mass is 320 g/mol. The number of esters is 1. The maximum absolute atomic E-state index is 12.5. The normalized spacial score (nSPS) is 17.4. The zero-order valence-corrected chi connectivity index (χ0v) is 14.1. The third-order valence-corrected chi connectivity index (χ3v) is 5.70. The molecule has 1 saturated heterocycles. The van der Waals surface area contributed by atoms with Crippen molar-refractivity contribution in [2.45, 2.75) is 46.1 Å². The van der Waals surface area contributed by atoms with Gasteiger partial charge in [0.1, 0.15) is 0 Å². The molecule has 1 aliphatic heterocycles. The molecule has 1 N–H and O–H groups in total. The molecule has 6 nitrogen and oxygen atoms in total. The van der Waals surface area contributed by atoms with Crippen molar-refractivity contribution in [1.29, 1.82) is 0 Å². The Kier molecular flexibility index (Phi) is 7.62. The third-order valence-electron chi connectivity index (χ3n) is 3.70. The van der Waals surface area contributed by atoms with Crippen LogP contribution in [0.3, 0.4) is 0 Å². The molecular formula is C14H28N2O4S. The van der Waals surface area contributed by atoms with Crippen LogP contribution in [0.5, 0.6) is 0 Å². The Bertz CT molecular complexity index is 417. The first-order valence-electron chi connectivity index (χ1n) is 7.72. The van der Waals surface area contributed by atoms with Crippen LogP contribution >= 0.6 is 0 Å². The molecule has 0 radical (unpaired) electrons. The van der Waals surface area contributed by atoms with Gasteiger partial charge in [-0.1, -0.05) is 0 Å². The summed E-state index contributed by atoms with van der Waals surface area (Å²) in [6.07, 6.45) is 1.92. The van der Waals surface area contributed by atoms with Crippen molar-refractivity contribution >= 4 is 16.0 Å². The Labute approximate surface area is 128 Å². The van der Waals surface area contributed by atoms with Gasteiger partial charge >= 0.3 is 5.97 Å². The van der Waals surface area contributed by atoms with Crippen LogP contribution in [0, 0.1) is 5.92 Å². The predicted molar refractivity (Wildman–Crippen MR) is 82.5 cm³/mol. The van der Waals surface area contributed by atoms with Crippen molar-refractivity contribution in [2.24, 2.45) is 5.92 Å². The van der Waals surface area contributed by atoms with Gasteiger partial charge in [0.25, 0.3) is 0 Å². The first kappa shape index (κ1) is 18.4. The Hall–Kier alpha value is -0.660. The van der Waals surface area contributed by atoms with Crippen molar-refractivity contribution in [2.75, 3.05) is 32.0 Å². The molecule has 0 aromatic carbocycles. The molecule has 0 saturated carbocycles. The lowest BCUT2D eigenvalue weighted by Crippen LogP contribution is -2.44. The fraction of sp³-hybridized carbons (Fsp3) is 0.929. The average molecular weight is 320 g/mol. The SMILES string of the molecule is CCOC(=O)CCS(=O)(=O)N(CC1CCNCC1)C(C)C. The van der Waals surface area contributed by atoms with Crippen molar-refractivity contribution in [3.63, 3.8) is 0 Å². The maximum atomic E-state index is 12.5. The van der Waals surface area contributed by atoms with Gasteiger partial charge in [0.05, 0.1) is 18.8 Å². The molecule has 0 unspecified atom stereocenters. The number of carbonyl (C=O) groups excluding carboxylic acids is 1. The molecule has 0 spiro atoms. The second-order valence-electron chi connectivity index (χ2n) is 5.73. The fourth-order valence-electron chi connectivity index (χ4n) is 2.53. The Morgan fingerprint density at radius 3 is 2.48 bits per heavy atom. The van der Waals surface area contributed by atoms with E-state index >= 15 is 0 Å². The molecular weight excluding hydrogens is 292 g/mol. The van der Waals surface area contributed by atoms with Crippen LogP contribution in [-0.4, -0.2) is 56.7 Å². The van der Waals surface area contributed by atoms with Gasteiger partial charge in [-0.05, 0) is 52.6 Å². The summed E-state index contributed by atoms with van der Waals surface area (Å²) < 4.78 is 31.3. The van der Waals surface area contributed by atoms with Crippen molar-refractivity contribution in [1.82, 2.24) is 9.62 Å². The number of nitrogens with zero attached hydrogens (tertiary/aromatic N) is 1. The lowest BCUT2D eigenvalue weighted by atomic mass is 9.98.